The predicted molar refractivity (Wildman–Crippen MR) is 87.3 cm³/mol. The van der Waals surface area contributed by atoms with Crippen LogP contribution in [0, 0.1) is 5.92 Å². The molecule has 5 heteroatoms. The van der Waals surface area contributed by atoms with E-state index in [1.54, 1.807) is 23.3 Å². The molecule has 0 radical (unpaired) electrons. The van der Waals surface area contributed by atoms with Crippen LogP contribution in [0.15, 0.2) is 5.38 Å². The minimum atomic E-state index is -0.0541. The van der Waals surface area contributed by atoms with Gasteiger partial charge in [0.1, 0.15) is 0 Å². The molecule has 0 spiro atoms. The zero-order chi connectivity index (χ0) is 15.7. The summed E-state index contributed by atoms with van der Waals surface area (Å²) in [5.74, 6) is 1.29. The Kier molecular flexibility index (Phi) is 9.21. The number of nitrogens with one attached hydrogen (secondary N) is 1. The van der Waals surface area contributed by atoms with Crippen molar-refractivity contribution >= 4 is 17.4 Å². The Balaban J connectivity index is 0.000000796. The van der Waals surface area contributed by atoms with Crippen LogP contribution in [0.3, 0.4) is 0 Å². The third kappa shape index (κ3) is 8.15. The summed E-state index contributed by atoms with van der Waals surface area (Å²) >= 11 is 1.66. The molecule has 0 fully saturated rings. The number of amides is 2. The standard InChI is InChI=1S/C11H19N3OS.C4H10/c1-5-12-11(15)14(4)6-9-7-16-10(13-9)8(2)3;1-4(2)3/h7-8H,5-6H2,1-4H3,(H,12,15);4H,1-3H3. The Morgan fingerprint density at radius 3 is 2.30 bits per heavy atom. The summed E-state index contributed by atoms with van der Waals surface area (Å²) in [5.41, 5.74) is 0.961. The summed E-state index contributed by atoms with van der Waals surface area (Å²) in [6, 6.07) is -0.0541. The molecule has 0 saturated carbocycles. The van der Waals surface area contributed by atoms with Crippen LogP contribution in [0.4, 0.5) is 4.79 Å². The fraction of sp³-hybridized carbons (Fsp3) is 0.733. The van der Waals surface area contributed by atoms with Crippen LogP contribution >= 0.6 is 11.3 Å². The molecule has 0 bridgehead atoms. The van der Waals surface area contributed by atoms with Crippen LogP contribution in [0.1, 0.15) is 58.2 Å². The number of carbonyl (C=O) groups is 1. The van der Waals surface area contributed by atoms with E-state index in [0.29, 0.717) is 19.0 Å². The number of hydrogen-bond donors (Lipinski definition) is 1. The second-order valence-corrected chi connectivity index (χ2v) is 6.65. The van der Waals surface area contributed by atoms with Crippen molar-refractivity contribution in [1.82, 2.24) is 15.2 Å². The Morgan fingerprint density at radius 1 is 1.35 bits per heavy atom. The summed E-state index contributed by atoms with van der Waals surface area (Å²) in [5, 5.41) is 5.90. The summed E-state index contributed by atoms with van der Waals surface area (Å²) in [7, 11) is 1.78. The monoisotopic (exact) mass is 299 g/mol. The molecule has 1 N–H and O–H groups in total. The van der Waals surface area contributed by atoms with E-state index in [2.05, 4.69) is 44.9 Å². The largest absolute Gasteiger partial charge is 0.338 e. The van der Waals surface area contributed by atoms with E-state index in [1.165, 1.54) is 0 Å². The number of urea groups is 1. The maximum absolute atomic E-state index is 11.5. The summed E-state index contributed by atoms with van der Waals surface area (Å²) in [6.07, 6.45) is 0. The Morgan fingerprint density at radius 2 is 1.90 bits per heavy atom. The first-order valence-corrected chi connectivity index (χ1v) is 8.09. The maximum Gasteiger partial charge on any atom is 0.317 e. The fourth-order valence-electron chi connectivity index (χ4n) is 1.26. The molecule has 4 nitrogen and oxygen atoms in total. The Labute approximate surface area is 127 Å². The van der Waals surface area contributed by atoms with Crippen molar-refractivity contribution in [3.63, 3.8) is 0 Å². The Hall–Kier alpha value is -1.10. The van der Waals surface area contributed by atoms with Gasteiger partial charge >= 0.3 is 6.03 Å². The van der Waals surface area contributed by atoms with Gasteiger partial charge in [0, 0.05) is 24.9 Å². The van der Waals surface area contributed by atoms with Crippen molar-refractivity contribution in [2.45, 2.75) is 54.0 Å². The molecular formula is C15H29N3OS. The molecule has 116 valence electrons. The van der Waals surface area contributed by atoms with E-state index in [4.69, 9.17) is 0 Å². The van der Waals surface area contributed by atoms with Crippen molar-refractivity contribution in [2.75, 3.05) is 13.6 Å². The van der Waals surface area contributed by atoms with Crippen molar-refractivity contribution in [3.05, 3.63) is 16.1 Å². The summed E-state index contributed by atoms with van der Waals surface area (Å²) in [6.45, 7) is 13.9. The topological polar surface area (TPSA) is 45.2 Å². The van der Waals surface area contributed by atoms with Gasteiger partial charge in [-0.15, -0.1) is 11.3 Å². The number of nitrogens with zero attached hydrogens (tertiary/aromatic N) is 2. The van der Waals surface area contributed by atoms with E-state index in [0.717, 1.165) is 16.6 Å². The van der Waals surface area contributed by atoms with Crippen LogP contribution in [-0.2, 0) is 6.54 Å². The lowest BCUT2D eigenvalue weighted by molar-refractivity contribution is 0.207. The molecule has 0 saturated heterocycles. The second kappa shape index (κ2) is 9.75. The van der Waals surface area contributed by atoms with Gasteiger partial charge in [0.25, 0.3) is 0 Å². The molecule has 20 heavy (non-hydrogen) atoms. The van der Waals surface area contributed by atoms with Crippen LogP contribution < -0.4 is 5.32 Å². The fourth-order valence-corrected chi connectivity index (χ4v) is 2.09. The molecule has 0 aliphatic carbocycles. The van der Waals surface area contributed by atoms with Crippen LogP contribution in [-0.4, -0.2) is 29.5 Å². The normalized spacial score (nSPS) is 10.2. The molecule has 1 heterocycles. The first kappa shape index (κ1) is 18.9. The number of rotatable bonds is 4. The molecule has 0 aromatic carbocycles. The van der Waals surface area contributed by atoms with E-state index in [-0.39, 0.29) is 6.03 Å². The highest BCUT2D eigenvalue weighted by molar-refractivity contribution is 7.09. The minimum absolute atomic E-state index is 0.0541. The molecule has 0 aliphatic rings. The molecular weight excluding hydrogens is 270 g/mol. The lowest BCUT2D eigenvalue weighted by atomic mass is 10.2. The zero-order valence-electron chi connectivity index (χ0n) is 13.9. The van der Waals surface area contributed by atoms with Crippen LogP contribution in [0.25, 0.3) is 0 Å². The third-order valence-corrected chi connectivity index (χ3v) is 3.33. The molecule has 1 aromatic rings. The summed E-state index contributed by atoms with van der Waals surface area (Å²) in [4.78, 5) is 17.6. The quantitative estimate of drug-likeness (QED) is 0.910. The van der Waals surface area contributed by atoms with E-state index < -0.39 is 0 Å². The van der Waals surface area contributed by atoms with Gasteiger partial charge in [0.05, 0.1) is 17.2 Å². The highest BCUT2D eigenvalue weighted by Gasteiger charge is 2.11. The second-order valence-electron chi connectivity index (χ2n) is 5.76. The number of hydrogen-bond acceptors (Lipinski definition) is 3. The van der Waals surface area contributed by atoms with Gasteiger partial charge in [-0.25, -0.2) is 9.78 Å². The molecule has 0 atom stereocenters. The maximum atomic E-state index is 11.5. The van der Waals surface area contributed by atoms with Crippen LogP contribution in [0.5, 0.6) is 0 Å². The van der Waals surface area contributed by atoms with Crippen molar-refractivity contribution < 1.29 is 4.79 Å². The van der Waals surface area contributed by atoms with Gasteiger partial charge in [-0.1, -0.05) is 34.6 Å². The molecule has 1 aromatic heterocycles. The van der Waals surface area contributed by atoms with Gasteiger partial charge in [0.2, 0.25) is 0 Å². The predicted octanol–water partition coefficient (Wildman–Crippen LogP) is 4.09. The number of aromatic nitrogens is 1. The van der Waals surface area contributed by atoms with E-state index in [9.17, 15) is 4.79 Å². The Bertz CT molecular complexity index is 385. The van der Waals surface area contributed by atoms with Crippen molar-refractivity contribution in [3.8, 4) is 0 Å². The smallest absolute Gasteiger partial charge is 0.317 e. The first-order chi connectivity index (χ1) is 9.27. The molecule has 2 amide bonds. The van der Waals surface area contributed by atoms with E-state index in [1.807, 2.05) is 12.3 Å². The van der Waals surface area contributed by atoms with Gasteiger partial charge in [-0.2, -0.15) is 0 Å². The SMILES string of the molecule is CC(C)C.CCNC(=O)N(C)Cc1csc(C(C)C)n1. The summed E-state index contributed by atoms with van der Waals surface area (Å²) < 4.78 is 0. The van der Waals surface area contributed by atoms with Gasteiger partial charge in [-0.3, -0.25) is 0 Å². The van der Waals surface area contributed by atoms with Gasteiger partial charge < -0.3 is 10.2 Å². The van der Waals surface area contributed by atoms with Crippen molar-refractivity contribution in [2.24, 2.45) is 5.92 Å². The number of thiazole rings is 1. The van der Waals surface area contributed by atoms with E-state index >= 15 is 0 Å². The zero-order valence-corrected chi connectivity index (χ0v) is 14.7. The molecule has 0 aliphatic heterocycles. The van der Waals surface area contributed by atoms with Crippen molar-refractivity contribution in [1.29, 1.82) is 0 Å². The lowest BCUT2D eigenvalue weighted by Gasteiger charge is -2.15. The average molecular weight is 299 g/mol. The lowest BCUT2D eigenvalue weighted by Crippen LogP contribution is -2.36. The van der Waals surface area contributed by atoms with Gasteiger partial charge in [-0.05, 0) is 12.8 Å². The molecule has 0 unspecified atom stereocenters. The molecule has 1 rings (SSSR count). The average Bonchev–Trinajstić information content (AvgIpc) is 2.77. The highest BCUT2D eigenvalue weighted by Crippen LogP contribution is 2.19. The first-order valence-electron chi connectivity index (χ1n) is 7.21. The third-order valence-electron chi connectivity index (χ3n) is 2.14. The van der Waals surface area contributed by atoms with Crippen LogP contribution in [0.2, 0.25) is 0 Å². The number of carbonyl (C=O) groups excluding carboxylic acids is 1. The van der Waals surface area contributed by atoms with Gasteiger partial charge in [0.15, 0.2) is 0 Å². The minimum Gasteiger partial charge on any atom is -0.338 e. The highest BCUT2D eigenvalue weighted by atomic mass is 32.1.